The lowest BCUT2D eigenvalue weighted by Crippen LogP contribution is -2.16. The summed E-state index contributed by atoms with van der Waals surface area (Å²) in [4.78, 5) is 11.8. The van der Waals surface area contributed by atoms with Gasteiger partial charge in [0.15, 0.2) is 0 Å². The zero-order chi connectivity index (χ0) is 14.4. The molecule has 4 heteroatoms. The number of ether oxygens (including phenoxy) is 2. The quantitative estimate of drug-likeness (QED) is 0.914. The van der Waals surface area contributed by atoms with Crippen LogP contribution in [0, 0.1) is 6.92 Å². The molecule has 2 aromatic rings. The standard InChI is InChI=1S/C16H17NO3/c1-3-19-14-8-5-7-13(11-14)17-16(18)20-15-9-4-6-12(2)10-15/h4-11H,3H2,1-2H3,(H,17,18). The van der Waals surface area contributed by atoms with Gasteiger partial charge in [-0.2, -0.15) is 0 Å². The summed E-state index contributed by atoms with van der Waals surface area (Å²) < 4.78 is 10.6. The van der Waals surface area contributed by atoms with Gasteiger partial charge in [0.25, 0.3) is 0 Å². The Morgan fingerprint density at radius 2 is 1.85 bits per heavy atom. The molecule has 0 aliphatic carbocycles. The Hall–Kier alpha value is -2.49. The highest BCUT2D eigenvalue weighted by molar-refractivity contribution is 5.86. The topological polar surface area (TPSA) is 47.6 Å². The molecule has 0 saturated heterocycles. The van der Waals surface area contributed by atoms with E-state index in [1.807, 2.05) is 38.1 Å². The predicted molar refractivity (Wildman–Crippen MR) is 78.4 cm³/mol. The average Bonchev–Trinajstić information content (AvgIpc) is 2.39. The molecule has 0 aromatic heterocycles. The molecule has 0 unspecified atom stereocenters. The van der Waals surface area contributed by atoms with Gasteiger partial charge in [0.05, 0.1) is 6.61 Å². The number of nitrogens with one attached hydrogen (secondary N) is 1. The second-order valence-corrected chi connectivity index (χ2v) is 4.29. The number of aryl methyl sites for hydroxylation is 1. The van der Waals surface area contributed by atoms with E-state index in [1.54, 1.807) is 24.3 Å². The molecule has 0 radical (unpaired) electrons. The Kier molecular flexibility index (Phi) is 4.60. The van der Waals surface area contributed by atoms with E-state index in [-0.39, 0.29) is 0 Å². The van der Waals surface area contributed by atoms with Crippen LogP contribution >= 0.6 is 0 Å². The number of carbonyl (C=O) groups is 1. The van der Waals surface area contributed by atoms with Crippen molar-refractivity contribution >= 4 is 11.8 Å². The van der Waals surface area contributed by atoms with E-state index in [9.17, 15) is 4.79 Å². The van der Waals surface area contributed by atoms with E-state index in [2.05, 4.69) is 5.32 Å². The van der Waals surface area contributed by atoms with Crippen LogP contribution in [-0.4, -0.2) is 12.7 Å². The minimum absolute atomic E-state index is 0.517. The van der Waals surface area contributed by atoms with Gasteiger partial charge in [-0.05, 0) is 43.7 Å². The first-order valence-corrected chi connectivity index (χ1v) is 6.46. The molecule has 0 saturated carbocycles. The summed E-state index contributed by atoms with van der Waals surface area (Å²) in [6.07, 6.45) is -0.524. The monoisotopic (exact) mass is 271 g/mol. The maximum absolute atomic E-state index is 11.8. The number of benzene rings is 2. The Morgan fingerprint density at radius 3 is 2.60 bits per heavy atom. The maximum atomic E-state index is 11.8. The summed E-state index contributed by atoms with van der Waals surface area (Å²) in [5, 5.41) is 2.67. The highest BCUT2D eigenvalue weighted by Gasteiger charge is 2.06. The molecular formula is C16H17NO3. The Labute approximate surface area is 118 Å². The Balaban J connectivity index is 1.99. The van der Waals surface area contributed by atoms with Crippen molar-refractivity contribution in [3.05, 3.63) is 54.1 Å². The lowest BCUT2D eigenvalue weighted by atomic mass is 10.2. The number of hydrogen-bond acceptors (Lipinski definition) is 3. The van der Waals surface area contributed by atoms with Gasteiger partial charge < -0.3 is 9.47 Å². The molecule has 20 heavy (non-hydrogen) atoms. The van der Waals surface area contributed by atoms with E-state index >= 15 is 0 Å². The van der Waals surface area contributed by atoms with Gasteiger partial charge in [0.1, 0.15) is 11.5 Å². The molecule has 0 heterocycles. The minimum Gasteiger partial charge on any atom is -0.494 e. The highest BCUT2D eigenvalue weighted by atomic mass is 16.6. The van der Waals surface area contributed by atoms with E-state index in [0.717, 1.165) is 5.56 Å². The van der Waals surface area contributed by atoms with E-state index in [0.29, 0.717) is 23.8 Å². The molecule has 2 rings (SSSR count). The van der Waals surface area contributed by atoms with Crippen LogP contribution in [0.1, 0.15) is 12.5 Å². The van der Waals surface area contributed by atoms with Crippen LogP contribution in [0.5, 0.6) is 11.5 Å². The third kappa shape index (κ3) is 4.02. The fourth-order valence-corrected chi connectivity index (χ4v) is 1.76. The third-order valence-corrected chi connectivity index (χ3v) is 2.59. The van der Waals surface area contributed by atoms with Gasteiger partial charge in [0, 0.05) is 11.8 Å². The first-order valence-electron chi connectivity index (χ1n) is 6.46. The van der Waals surface area contributed by atoms with Gasteiger partial charge >= 0.3 is 6.09 Å². The van der Waals surface area contributed by atoms with Crippen LogP contribution in [0.3, 0.4) is 0 Å². The van der Waals surface area contributed by atoms with Crippen molar-refractivity contribution < 1.29 is 14.3 Å². The molecule has 0 atom stereocenters. The molecule has 0 aliphatic rings. The molecule has 0 bridgehead atoms. The zero-order valence-corrected chi connectivity index (χ0v) is 11.6. The number of carbonyl (C=O) groups excluding carboxylic acids is 1. The summed E-state index contributed by atoms with van der Waals surface area (Å²) in [7, 11) is 0. The van der Waals surface area contributed by atoms with Crippen LogP contribution in [0.2, 0.25) is 0 Å². The molecule has 0 aliphatic heterocycles. The van der Waals surface area contributed by atoms with E-state index < -0.39 is 6.09 Å². The molecule has 0 spiro atoms. The van der Waals surface area contributed by atoms with Crippen molar-refractivity contribution in [1.82, 2.24) is 0 Å². The third-order valence-electron chi connectivity index (χ3n) is 2.59. The predicted octanol–water partition coefficient (Wildman–Crippen LogP) is 4.00. The number of amides is 1. The van der Waals surface area contributed by atoms with Gasteiger partial charge in [-0.25, -0.2) is 4.79 Å². The Bertz CT molecular complexity index is 596. The smallest absolute Gasteiger partial charge is 0.417 e. The SMILES string of the molecule is CCOc1cccc(NC(=O)Oc2cccc(C)c2)c1. The minimum atomic E-state index is -0.524. The molecular weight excluding hydrogens is 254 g/mol. The first-order chi connectivity index (χ1) is 9.67. The van der Waals surface area contributed by atoms with Gasteiger partial charge in [-0.15, -0.1) is 0 Å². The van der Waals surface area contributed by atoms with E-state index in [4.69, 9.17) is 9.47 Å². The largest absolute Gasteiger partial charge is 0.494 e. The summed E-state index contributed by atoms with van der Waals surface area (Å²) in [5.74, 6) is 1.23. The fourth-order valence-electron chi connectivity index (χ4n) is 1.76. The zero-order valence-electron chi connectivity index (χ0n) is 11.6. The number of rotatable bonds is 4. The lowest BCUT2D eigenvalue weighted by Gasteiger charge is -2.08. The van der Waals surface area contributed by atoms with Crippen molar-refractivity contribution in [2.75, 3.05) is 11.9 Å². The highest BCUT2D eigenvalue weighted by Crippen LogP contribution is 2.18. The molecule has 4 nitrogen and oxygen atoms in total. The maximum Gasteiger partial charge on any atom is 0.417 e. The van der Waals surface area contributed by atoms with Gasteiger partial charge in [-0.3, -0.25) is 5.32 Å². The van der Waals surface area contributed by atoms with E-state index in [1.165, 1.54) is 0 Å². The summed E-state index contributed by atoms with van der Waals surface area (Å²) in [6.45, 7) is 4.43. The van der Waals surface area contributed by atoms with Crippen LogP contribution < -0.4 is 14.8 Å². The van der Waals surface area contributed by atoms with Gasteiger partial charge in [0.2, 0.25) is 0 Å². The van der Waals surface area contributed by atoms with Crippen LogP contribution in [0.4, 0.5) is 10.5 Å². The van der Waals surface area contributed by atoms with Crippen LogP contribution in [0.15, 0.2) is 48.5 Å². The molecule has 0 fully saturated rings. The van der Waals surface area contributed by atoms with Crippen LogP contribution in [0.25, 0.3) is 0 Å². The fraction of sp³-hybridized carbons (Fsp3) is 0.188. The van der Waals surface area contributed by atoms with Crippen molar-refractivity contribution in [3.8, 4) is 11.5 Å². The second kappa shape index (κ2) is 6.61. The summed E-state index contributed by atoms with van der Waals surface area (Å²) >= 11 is 0. The summed E-state index contributed by atoms with van der Waals surface area (Å²) in [6, 6.07) is 14.5. The van der Waals surface area contributed by atoms with Crippen molar-refractivity contribution in [2.45, 2.75) is 13.8 Å². The first kappa shape index (κ1) is 13.9. The van der Waals surface area contributed by atoms with Crippen molar-refractivity contribution in [2.24, 2.45) is 0 Å². The molecule has 2 aromatic carbocycles. The molecule has 1 amide bonds. The van der Waals surface area contributed by atoms with Crippen LogP contribution in [-0.2, 0) is 0 Å². The normalized spacial score (nSPS) is 9.90. The van der Waals surface area contributed by atoms with Crippen molar-refractivity contribution in [1.29, 1.82) is 0 Å². The van der Waals surface area contributed by atoms with Gasteiger partial charge in [-0.1, -0.05) is 18.2 Å². The average molecular weight is 271 g/mol. The lowest BCUT2D eigenvalue weighted by molar-refractivity contribution is 0.215. The molecule has 1 N–H and O–H groups in total. The summed E-state index contributed by atoms with van der Waals surface area (Å²) in [5.41, 5.74) is 1.67. The Morgan fingerprint density at radius 1 is 1.10 bits per heavy atom. The second-order valence-electron chi connectivity index (χ2n) is 4.29. The van der Waals surface area contributed by atoms with Crippen molar-refractivity contribution in [3.63, 3.8) is 0 Å². The number of anilines is 1. The number of hydrogen-bond donors (Lipinski definition) is 1. The molecule has 104 valence electrons.